The van der Waals surface area contributed by atoms with Crippen LogP contribution in [0.5, 0.6) is 0 Å². The van der Waals surface area contributed by atoms with E-state index in [0.29, 0.717) is 0 Å². The van der Waals surface area contributed by atoms with Crippen molar-refractivity contribution in [3.63, 3.8) is 0 Å². The first-order chi connectivity index (χ1) is 6.68. The smallest absolute Gasteiger partial charge is 0.160 e. The zero-order valence-electron chi connectivity index (χ0n) is 8.85. The number of alkyl halides is 3. The highest BCUT2D eigenvalue weighted by atomic mass is 32.2. The monoisotopic (exact) mass is 234 g/mol. The molecule has 15 heavy (non-hydrogen) atoms. The minimum absolute atomic E-state index is 0.0690. The minimum Gasteiger partial charge on any atom is -0.160 e. The van der Waals surface area contributed by atoms with Gasteiger partial charge in [-0.15, -0.1) is 0 Å². The fourth-order valence-corrected chi connectivity index (χ4v) is 1.76. The van der Waals surface area contributed by atoms with E-state index in [-0.39, 0.29) is 22.1 Å². The van der Waals surface area contributed by atoms with Gasteiger partial charge in [0.2, 0.25) is 0 Å². The predicted octanol–water partition coefficient (Wildman–Crippen LogP) is 4.60. The minimum atomic E-state index is -4.21. The van der Waals surface area contributed by atoms with Crippen LogP contribution in [0.4, 0.5) is 13.2 Å². The molecule has 4 heteroatoms. The fourth-order valence-electron chi connectivity index (χ4n) is 1.16. The van der Waals surface area contributed by atoms with Crippen molar-refractivity contribution in [1.82, 2.24) is 0 Å². The van der Waals surface area contributed by atoms with E-state index in [4.69, 9.17) is 0 Å². The summed E-state index contributed by atoms with van der Waals surface area (Å²) in [6.07, 6.45) is 0. The Morgan fingerprint density at radius 2 is 1.67 bits per heavy atom. The van der Waals surface area contributed by atoms with Gasteiger partial charge in [-0.3, -0.25) is 0 Å². The summed E-state index contributed by atoms with van der Waals surface area (Å²) < 4.78 is 36.4. The molecule has 84 valence electrons. The second-order valence-electron chi connectivity index (χ2n) is 4.33. The second-order valence-corrected chi connectivity index (χ2v) is 5.46. The lowest BCUT2D eigenvalue weighted by Crippen LogP contribution is -2.11. The van der Waals surface area contributed by atoms with Gasteiger partial charge >= 0.3 is 5.51 Å². The Morgan fingerprint density at radius 3 is 2.13 bits per heavy atom. The highest BCUT2D eigenvalue weighted by Crippen LogP contribution is 2.38. The van der Waals surface area contributed by atoms with E-state index < -0.39 is 5.51 Å². The quantitative estimate of drug-likeness (QED) is 0.640. The Labute approximate surface area is 91.9 Å². The lowest BCUT2D eigenvalue weighted by molar-refractivity contribution is -0.0328. The fraction of sp³-hybridized carbons (Fsp3) is 0.455. The molecule has 0 aliphatic rings. The van der Waals surface area contributed by atoms with Gasteiger partial charge in [0.15, 0.2) is 0 Å². The summed E-state index contributed by atoms with van der Waals surface area (Å²) in [7, 11) is 0. The van der Waals surface area contributed by atoms with Crippen molar-refractivity contribution in [3.05, 3.63) is 29.8 Å². The zero-order valence-corrected chi connectivity index (χ0v) is 9.67. The Hall–Kier alpha value is -0.640. The third-order valence-corrected chi connectivity index (χ3v) is 2.65. The molecule has 0 bridgehead atoms. The van der Waals surface area contributed by atoms with Crippen LogP contribution in [0.15, 0.2) is 29.2 Å². The third-order valence-electron chi connectivity index (χ3n) is 1.93. The van der Waals surface area contributed by atoms with Gasteiger partial charge in [0.1, 0.15) is 0 Å². The first kappa shape index (κ1) is 12.4. The van der Waals surface area contributed by atoms with Crippen LogP contribution >= 0.6 is 11.8 Å². The summed E-state index contributed by atoms with van der Waals surface area (Å²) in [4.78, 5) is 0.245. The summed E-state index contributed by atoms with van der Waals surface area (Å²) in [5.41, 5.74) is -3.42. The average molecular weight is 234 g/mol. The molecule has 0 N–H and O–H groups in total. The normalized spacial score (nSPS) is 12.9. The molecule has 0 amide bonds. The van der Waals surface area contributed by atoms with Gasteiger partial charge in [0, 0.05) is 4.90 Å². The molecule has 0 nitrogen and oxygen atoms in total. The van der Waals surface area contributed by atoms with Gasteiger partial charge < -0.3 is 0 Å². The van der Waals surface area contributed by atoms with Gasteiger partial charge in [-0.25, -0.2) is 0 Å². The van der Waals surface area contributed by atoms with Crippen molar-refractivity contribution in [1.29, 1.82) is 0 Å². The molecule has 0 atom stereocenters. The van der Waals surface area contributed by atoms with Crippen molar-refractivity contribution in [2.45, 2.75) is 36.6 Å². The molecule has 0 aliphatic carbocycles. The molecule has 0 radical (unpaired) electrons. The van der Waals surface area contributed by atoms with Gasteiger partial charge in [-0.05, 0) is 34.9 Å². The first-order valence-electron chi connectivity index (χ1n) is 4.55. The topological polar surface area (TPSA) is 0 Å². The summed E-state index contributed by atoms with van der Waals surface area (Å²) in [5.74, 6) is 0. The summed E-state index contributed by atoms with van der Waals surface area (Å²) in [5, 5.41) is 0. The number of hydrogen-bond acceptors (Lipinski definition) is 1. The molecule has 0 aliphatic heterocycles. The van der Waals surface area contributed by atoms with E-state index in [1.54, 1.807) is 12.1 Å². The van der Waals surface area contributed by atoms with Crippen LogP contribution in [-0.4, -0.2) is 5.51 Å². The molecule has 0 aromatic heterocycles. The van der Waals surface area contributed by atoms with Crippen molar-refractivity contribution >= 4 is 11.8 Å². The van der Waals surface area contributed by atoms with Crippen LogP contribution < -0.4 is 0 Å². The third kappa shape index (κ3) is 4.16. The van der Waals surface area contributed by atoms with Gasteiger partial charge in [0.05, 0.1) is 0 Å². The van der Waals surface area contributed by atoms with E-state index in [1.165, 1.54) is 6.07 Å². The Bertz CT molecular complexity index is 336. The molecule has 0 saturated carbocycles. The molecule has 0 spiro atoms. The van der Waals surface area contributed by atoms with E-state index in [1.807, 2.05) is 26.8 Å². The predicted molar refractivity (Wildman–Crippen MR) is 57.1 cm³/mol. The molecule has 0 unspecified atom stereocenters. The second kappa shape index (κ2) is 4.08. The van der Waals surface area contributed by atoms with E-state index in [2.05, 4.69) is 0 Å². The van der Waals surface area contributed by atoms with E-state index in [0.717, 1.165) is 5.56 Å². The van der Waals surface area contributed by atoms with Crippen molar-refractivity contribution in [2.75, 3.05) is 0 Å². The largest absolute Gasteiger partial charge is 0.446 e. The molecule has 0 heterocycles. The lowest BCUT2D eigenvalue weighted by Gasteiger charge is -2.19. The molecule has 1 aromatic rings. The lowest BCUT2D eigenvalue weighted by atomic mass is 9.87. The maximum Gasteiger partial charge on any atom is 0.446 e. The van der Waals surface area contributed by atoms with Crippen LogP contribution in [0.2, 0.25) is 0 Å². The SMILES string of the molecule is CC(C)(C)c1cccc(SC(F)(F)F)c1. The highest BCUT2D eigenvalue weighted by molar-refractivity contribution is 8.00. The van der Waals surface area contributed by atoms with Crippen LogP contribution in [0, 0.1) is 0 Å². The summed E-state index contributed by atoms with van der Waals surface area (Å²) in [6.45, 7) is 5.93. The van der Waals surface area contributed by atoms with E-state index >= 15 is 0 Å². The number of thioether (sulfide) groups is 1. The van der Waals surface area contributed by atoms with E-state index in [9.17, 15) is 13.2 Å². The molecular weight excluding hydrogens is 221 g/mol. The number of benzene rings is 1. The van der Waals surface area contributed by atoms with Crippen molar-refractivity contribution < 1.29 is 13.2 Å². The van der Waals surface area contributed by atoms with Crippen LogP contribution in [0.25, 0.3) is 0 Å². The zero-order chi connectivity index (χ0) is 11.7. The molecular formula is C11H13F3S. The van der Waals surface area contributed by atoms with Gasteiger partial charge in [0.25, 0.3) is 0 Å². The average Bonchev–Trinajstić information content (AvgIpc) is 1.99. The Kier molecular flexibility index (Phi) is 3.38. The Balaban J connectivity index is 2.94. The number of halogens is 3. The highest BCUT2D eigenvalue weighted by Gasteiger charge is 2.29. The molecule has 1 aromatic carbocycles. The first-order valence-corrected chi connectivity index (χ1v) is 5.36. The van der Waals surface area contributed by atoms with Gasteiger partial charge in [-0.1, -0.05) is 32.9 Å². The van der Waals surface area contributed by atoms with Crippen molar-refractivity contribution in [2.24, 2.45) is 0 Å². The standard InChI is InChI=1S/C11H13F3S/c1-10(2,3)8-5-4-6-9(7-8)15-11(12,13)14/h4-7H,1-3H3. The number of rotatable bonds is 1. The van der Waals surface area contributed by atoms with Crippen molar-refractivity contribution in [3.8, 4) is 0 Å². The van der Waals surface area contributed by atoms with Crippen LogP contribution in [0.1, 0.15) is 26.3 Å². The molecule has 0 saturated heterocycles. The summed E-state index contributed by atoms with van der Waals surface area (Å²) >= 11 is -0.0690. The summed E-state index contributed by atoms with van der Waals surface area (Å²) in [6, 6.07) is 6.58. The maximum absolute atomic E-state index is 12.1. The van der Waals surface area contributed by atoms with Gasteiger partial charge in [-0.2, -0.15) is 13.2 Å². The molecule has 0 fully saturated rings. The van der Waals surface area contributed by atoms with Crippen LogP contribution in [0.3, 0.4) is 0 Å². The molecule has 1 rings (SSSR count). The maximum atomic E-state index is 12.1. The Morgan fingerprint density at radius 1 is 1.07 bits per heavy atom. The van der Waals surface area contributed by atoms with Crippen LogP contribution in [-0.2, 0) is 5.41 Å². The number of hydrogen-bond donors (Lipinski definition) is 0.